The molecule has 0 bridgehead atoms. The van der Waals surface area contributed by atoms with E-state index in [1.54, 1.807) is 6.08 Å². The summed E-state index contributed by atoms with van der Waals surface area (Å²) in [6.07, 6.45) is 71.7. The molecule has 0 aromatic carbocycles. The van der Waals surface area contributed by atoms with E-state index in [1.165, 1.54) is 244 Å². The minimum atomic E-state index is -0.852. The maximum Gasteiger partial charge on any atom is 0.305 e. The summed E-state index contributed by atoms with van der Waals surface area (Å²) >= 11 is 0. The molecule has 0 fully saturated rings. The van der Waals surface area contributed by atoms with Crippen LogP contribution in [0.5, 0.6) is 0 Å². The number of amides is 1. The predicted octanol–water partition coefficient (Wildman–Crippen LogP) is 18.8. The van der Waals surface area contributed by atoms with Crippen molar-refractivity contribution in [3.8, 4) is 0 Å². The number of aliphatic hydroxyl groups excluding tert-OH is 2. The van der Waals surface area contributed by atoms with Gasteiger partial charge in [0.1, 0.15) is 0 Å². The number of aliphatic hydroxyl groups is 2. The van der Waals surface area contributed by atoms with E-state index < -0.39 is 12.1 Å². The number of rotatable bonds is 56. The first-order valence-corrected chi connectivity index (χ1v) is 30.3. The second-order valence-electron chi connectivity index (χ2n) is 20.7. The van der Waals surface area contributed by atoms with Gasteiger partial charge in [-0.15, -0.1) is 0 Å². The molecule has 2 unspecified atom stereocenters. The number of esters is 1. The average Bonchev–Trinajstić information content (AvgIpc) is 3.34. The van der Waals surface area contributed by atoms with Gasteiger partial charge in [0.15, 0.2) is 0 Å². The highest BCUT2D eigenvalue weighted by Gasteiger charge is 2.18. The summed E-state index contributed by atoms with van der Waals surface area (Å²) in [5.74, 6) is -0.0827. The Kier molecular flexibility index (Phi) is 56.0. The van der Waals surface area contributed by atoms with Crippen LogP contribution in [0.2, 0.25) is 0 Å². The molecule has 400 valence electrons. The van der Waals surface area contributed by atoms with Crippen molar-refractivity contribution < 1.29 is 24.5 Å². The molecular formula is C62H117NO5. The van der Waals surface area contributed by atoms with Crippen LogP contribution in [-0.4, -0.2) is 47.4 Å². The Morgan fingerprint density at radius 3 is 1.07 bits per heavy atom. The molecule has 0 saturated heterocycles. The second-order valence-corrected chi connectivity index (χ2v) is 20.7. The van der Waals surface area contributed by atoms with E-state index in [9.17, 15) is 19.8 Å². The Morgan fingerprint density at radius 2 is 0.691 bits per heavy atom. The molecule has 0 aliphatic carbocycles. The topological polar surface area (TPSA) is 95.9 Å². The van der Waals surface area contributed by atoms with Gasteiger partial charge in [0.05, 0.1) is 25.4 Å². The summed E-state index contributed by atoms with van der Waals surface area (Å²) in [5, 5.41) is 23.2. The van der Waals surface area contributed by atoms with Crippen LogP contribution < -0.4 is 5.32 Å². The molecule has 0 saturated carbocycles. The third-order valence-electron chi connectivity index (χ3n) is 13.9. The van der Waals surface area contributed by atoms with Gasteiger partial charge in [0, 0.05) is 12.8 Å². The normalized spacial score (nSPS) is 12.8. The van der Waals surface area contributed by atoms with Crippen molar-refractivity contribution in [2.24, 2.45) is 0 Å². The smallest absolute Gasteiger partial charge is 0.305 e. The molecule has 3 N–H and O–H groups in total. The Morgan fingerprint density at radius 1 is 0.397 bits per heavy atom. The average molecular weight is 957 g/mol. The number of ether oxygens (including phenoxy) is 1. The first kappa shape index (κ1) is 66.1. The van der Waals surface area contributed by atoms with Crippen molar-refractivity contribution in [1.82, 2.24) is 5.32 Å². The largest absolute Gasteiger partial charge is 0.466 e. The first-order valence-electron chi connectivity index (χ1n) is 30.3. The number of carbonyl (C=O) groups excluding carboxylic acids is 2. The molecular weight excluding hydrogens is 839 g/mol. The highest BCUT2D eigenvalue weighted by atomic mass is 16.5. The minimum Gasteiger partial charge on any atom is -0.466 e. The summed E-state index contributed by atoms with van der Waals surface area (Å²) in [6.45, 7) is 4.88. The van der Waals surface area contributed by atoms with Gasteiger partial charge in [-0.3, -0.25) is 9.59 Å². The van der Waals surface area contributed by atoms with Crippen LogP contribution in [-0.2, 0) is 14.3 Å². The Bertz CT molecular complexity index is 1100. The van der Waals surface area contributed by atoms with E-state index in [0.717, 1.165) is 51.4 Å². The van der Waals surface area contributed by atoms with E-state index >= 15 is 0 Å². The van der Waals surface area contributed by atoms with E-state index in [4.69, 9.17) is 4.74 Å². The van der Waals surface area contributed by atoms with E-state index in [1.807, 2.05) is 6.08 Å². The van der Waals surface area contributed by atoms with Crippen LogP contribution in [0, 0.1) is 0 Å². The fourth-order valence-corrected chi connectivity index (χ4v) is 9.21. The molecule has 6 nitrogen and oxygen atoms in total. The summed E-state index contributed by atoms with van der Waals surface area (Å²) < 4.78 is 5.46. The standard InChI is InChI=1S/C62H117NO5/c1-3-5-7-9-11-13-15-17-18-19-20-22-25-28-31-34-38-42-46-50-54-60(65)59(58-64)63-61(66)55-51-47-43-39-35-32-29-26-23-21-24-27-30-33-37-41-45-49-53-57-68-62(67)56-52-48-44-40-36-16-14-12-10-8-6-4-2/h12,14,21,23,50,54,59-60,64-65H,3-11,13,15-20,22,24-49,51-53,55-58H2,1-2H3,(H,63,66)/b14-12-,23-21-,54-50+. The first-order chi connectivity index (χ1) is 33.5. The monoisotopic (exact) mass is 956 g/mol. The lowest BCUT2D eigenvalue weighted by Crippen LogP contribution is -2.45. The van der Waals surface area contributed by atoms with Gasteiger partial charge >= 0.3 is 5.97 Å². The van der Waals surface area contributed by atoms with Crippen molar-refractivity contribution in [1.29, 1.82) is 0 Å². The third-order valence-corrected chi connectivity index (χ3v) is 13.9. The number of hydrogen-bond acceptors (Lipinski definition) is 5. The fourth-order valence-electron chi connectivity index (χ4n) is 9.21. The van der Waals surface area contributed by atoms with Gasteiger partial charge in [0.2, 0.25) is 5.91 Å². The molecule has 6 heteroatoms. The van der Waals surface area contributed by atoms with Gasteiger partial charge < -0.3 is 20.3 Å². The van der Waals surface area contributed by atoms with E-state index in [-0.39, 0.29) is 18.5 Å². The van der Waals surface area contributed by atoms with Crippen molar-refractivity contribution >= 4 is 11.9 Å². The number of hydrogen-bond donors (Lipinski definition) is 3. The summed E-state index contributed by atoms with van der Waals surface area (Å²) in [4.78, 5) is 24.5. The fraction of sp³-hybridized carbons (Fsp3) is 0.871. The third kappa shape index (κ3) is 53.4. The highest BCUT2D eigenvalue weighted by molar-refractivity contribution is 5.76. The lowest BCUT2D eigenvalue weighted by Gasteiger charge is -2.20. The molecule has 0 aromatic heterocycles. The van der Waals surface area contributed by atoms with E-state index in [0.29, 0.717) is 19.4 Å². The quantitative estimate of drug-likeness (QED) is 0.0321. The molecule has 0 heterocycles. The van der Waals surface area contributed by atoms with Crippen molar-refractivity contribution in [3.05, 3.63) is 36.5 Å². The van der Waals surface area contributed by atoms with Crippen LogP contribution >= 0.6 is 0 Å². The van der Waals surface area contributed by atoms with Gasteiger partial charge in [-0.25, -0.2) is 0 Å². The van der Waals surface area contributed by atoms with Gasteiger partial charge in [-0.2, -0.15) is 0 Å². The van der Waals surface area contributed by atoms with Gasteiger partial charge in [-0.1, -0.05) is 262 Å². The van der Waals surface area contributed by atoms with Crippen molar-refractivity contribution in [2.45, 2.75) is 334 Å². The van der Waals surface area contributed by atoms with Crippen LogP contribution in [0.25, 0.3) is 0 Å². The number of carbonyl (C=O) groups is 2. The van der Waals surface area contributed by atoms with Gasteiger partial charge in [-0.05, 0) is 83.5 Å². The molecule has 2 atom stereocenters. The summed E-state index contributed by atoms with van der Waals surface area (Å²) in [5.41, 5.74) is 0. The maximum absolute atomic E-state index is 12.5. The lowest BCUT2D eigenvalue weighted by molar-refractivity contribution is -0.143. The molecule has 1 amide bonds. The Labute approximate surface area is 424 Å². The van der Waals surface area contributed by atoms with Crippen molar-refractivity contribution in [3.63, 3.8) is 0 Å². The van der Waals surface area contributed by atoms with Crippen LogP contribution in [0.4, 0.5) is 0 Å². The predicted molar refractivity (Wildman–Crippen MR) is 296 cm³/mol. The minimum absolute atomic E-state index is 0.00692. The number of allylic oxidation sites excluding steroid dienone is 5. The molecule has 0 spiro atoms. The van der Waals surface area contributed by atoms with Crippen LogP contribution in [0.3, 0.4) is 0 Å². The lowest BCUT2D eigenvalue weighted by atomic mass is 10.0. The molecule has 0 aliphatic rings. The van der Waals surface area contributed by atoms with E-state index in [2.05, 4.69) is 43.5 Å². The highest BCUT2D eigenvalue weighted by Crippen LogP contribution is 2.17. The summed E-state index contributed by atoms with van der Waals surface area (Å²) in [6, 6.07) is -0.636. The Hall–Kier alpha value is -1.92. The zero-order valence-corrected chi connectivity index (χ0v) is 45.6. The zero-order chi connectivity index (χ0) is 49.3. The van der Waals surface area contributed by atoms with Crippen LogP contribution in [0.15, 0.2) is 36.5 Å². The maximum atomic E-state index is 12.5. The molecule has 0 aromatic rings. The molecule has 0 rings (SSSR count). The number of unbranched alkanes of at least 4 members (excludes halogenated alkanes) is 41. The van der Waals surface area contributed by atoms with Crippen LogP contribution in [0.1, 0.15) is 322 Å². The molecule has 0 aliphatic heterocycles. The van der Waals surface area contributed by atoms with Crippen molar-refractivity contribution in [2.75, 3.05) is 13.2 Å². The zero-order valence-electron chi connectivity index (χ0n) is 45.6. The summed E-state index contributed by atoms with van der Waals surface area (Å²) in [7, 11) is 0. The SMILES string of the molecule is CCCCC/C=C\CCCCCCCC(=O)OCCCCCCCCCC/C=C\CCCCCCCCCC(=O)NC(CO)C(O)/C=C/CCCCCCCCCCCCCCCCCCCC. The second kappa shape index (κ2) is 57.7. The number of nitrogens with one attached hydrogen (secondary N) is 1. The molecule has 0 radical (unpaired) electrons. The molecule has 68 heavy (non-hydrogen) atoms. The Balaban J connectivity index is 3.48. The van der Waals surface area contributed by atoms with Gasteiger partial charge in [0.25, 0.3) is 0 Å².